The van der Waals surface area contributed by atoms with Crippen LogP contribution in [0.1, 0.15) is 16.1 Å². The molecule has 9 nitrogen and oxygen atoms in total. The van der Waals surface area contributed by atoms with Crippen LogP contribution >= 0.6 is 0 Å². The molecule has 4 rings (SSSR count). The maximum atomic E-state index is 13.0. The molecular formula is C20H22N6O3. The molecule has 1 fully saturated rings. The minimum absolute atomic E-state index is 0.0558. The van der Waals surface area contributed by atoms with Gasteiger partial charge in [-0.2, -0.15) is 5.10 Å². The Morgan fingerprint density at radius 2 is 1.93 bits per heavy atom. The Morgan fingerprint density at radius 1 is 1.17 bits per heavy atom. The number of amides is 2. The van der Waals surface area contributed by atoms with Crippen LogP contribution in [0, 0.1) is 6.92 Å². The molecule has 29 heavy (non-hydrogen) atoms. The van der Waals surface area contributed by atoms with E-state index in [4.69, 9.17) is 4.52 Å². The third kappa shape index (κ3) is 4.35. The lowest BCUT2D eigenvalue weighted by Crippen LogP contribution is -2.50. The van der Waals surface area contributed by atoms with Gasteiger partial charge in [0.25, 0.3) is 5.91 Å². The van der Waals surface area contributed by atoms with Crippen LogP contribution in [0.15, 0.2) is 47.1 Å². The zero-order chi connectivity index (χ0) is 20.2. The summed E-state index contributed by atoms with van der Waals surface area (Å²) in [6, 6.07) is 11.3. The van der Waals surface area contributed by atoms with Crippen LogP contribution in [0.2, 0.25) is 0 Å². The fourth-order valence-corrected chi connectivity index (χ4v) is 3.36. The molecular weight excluding hydrogens is 372 g/mol. The first kappa shape index (κ1) is 18.9. The van der Waals surface area contributed by atoms with E-state index in [0.717, 1.165) is 11.3 Å². The van der Waals surface area contributed by atoms with Crippen LogP contribution in [0.4, 0.5) is 5.82 Å². The average Bonchev–Trinajstić information content (AvgIpc) is 3.38. The molecule has 3 heterocycles. The molecule has 0 spiro atoms. The Balaban J connectivity index is 1.32. The van der Waals surface area contributed by atoms with Gasteiger partial charge in [0.15, 0.2) is 5.82 Å². The number of carbonyl (C=O) groups excluding carboxylic acids is 2. The lowest BCUT2D eigenvalue weighted by molar-refractivity contribution is -0.117. The number of hydrogen-bond donors (Lipinski definition) is 2. The second-order valence-electron chi connectivity index (χ2n) is 6.96. The summed E-state index contributed by atoms with van der Waals surface area (Å²) in [6.07, 6.45) is 1.57. The van der Waals surface area contributed by atoms with Crippen molar-refractivity contribution in [3.8, 4) is 11.3 Å². The van der Waals surface area contributed by atoms with Gasteiger partial charge in [0.1, 0.15) is 5.76 Å². The van der Waals surface area contributed by atoms with Crippen LogP contribution in [0.25, 0.3) is 11.3 Å². The fraction of sp³-hybridized carbons (Fsp3) is 0.300. The smallest absolute Gasteiger partial charge is 0.257 e. The van der Waals surface area contributed by atoms with E-state index in [9.17, 15) is 9.59 Å². The van der Waals surface area contributed by atoms with Crippen molar-refractivity contribution in [1.29, 1.82) is 0 Å². The van der Waals surface area contributed by atoms with Gasteiger partial charge < -0.3 is 14.7 Å². The van der Waals surface area contributed by atoms with Crippen molar-refractivity contribution in [1.82, 2.24) is 25.2 Å². The normalized spacial score (nSPS) is 14.7. The highest BCUT2D eigenvalue weighted by molar-refractivity contribution is 5.99. The number of rotatable bonds is 5. The summed E-state index contributed by atoms with van der Waals surface area (Å²) in [7, 11) is 0. The number of carbonyl (C=O) groups is 2. The number of aromatic amines is 1. The molecule has 150 valence electrons. The van der Waals surface area contributed by atoms with Gasteiger partial charge >= 0.3 is 0 Å². The predicted molar refractivity (Wildman–Crippen MR) is 106 cm³/mol. The zero-order valence-electron chi connectivity index (χ0n) is 16.1. The van der Waals surface area contributed by atoms with Gasteiger partial charge in [0.05, 0.1) is 24.0 Å². The second kappa shape index (κ2) is 8.27. The Morgan fingerprint density at radius 3 is 2.62 bits per heavy atom. The van der Waals surface area contributed by atoms with E-state index in [1.54, 1.807) is 24.1 Å². The number of hydrogen-bond acceptors (Lipinski definition) is 6. The Kier molecular flexibility index (Phi) is 5.39. The molecule has 0 unspecified atom stereocenters. The van der Waals surface area contributed by atoms with E-state index in [1.165, 1.54) is 0 Å². The first-order valence-corrected chi connectivity index (χ1v) is 9.44. The van der Waals surface area contributed by atoms with Crippen molar-refractivity contribution in [3.63, 3.8) is 0 Å². The number of nitrogens with one attached hydrogen (secondary N) is 2. The van der Waals surface area contributed by atoms with Gasteiger partial charge in [0, 0.05) is 37.8 Å². The molecule has 0 saturated carbocycles. The second-order valence-corrected chi connectivity index (χ2v) is 6.96. The lowest BCUT2D eigenvalue weighted by Gasteiger charge is -2.34. The maximum absolute atomic E-state index is 13.0. The van der Waals surface area contributed by atoms with Crippen LogP contribution in [-0.2, 0) is 4.79 Å². The summed E-state index contributed by atoms with van der Waals surface area (Å²) in [5, 5.41) is 13.5. The van der Waals surface area contributed by atoms with Gasteiger partial charge in [-0.05, 0) is 6.92 Å². The number of nitrogens with zero attached hydrogens (tertiary/aromatic N) is 4. The summed E-state index contributed by atoms with van der Waals surface area (Å²) in [5.74, 6) is 0.843. The van der Waals surface area contributed by atoms with Crippen LogP contribution in [-0.4, -0.2) is 69.7 Å². The van der Waals surface area contributed by atoms with Crippen molar-refractivity contribution >= 4 is 17.6 Å². The third-order valence-electron chi connectivity index (χ3n) is 4.85. The van der Waals surface area contributed by atoms with Crippen LogP contribution in [0.5, 0.6) is 0 Å². The zero-order valence-corrected chi connectivity index (χ0v) is 16.1. The fourth-order valence-electron chi connectivity index (χ4n) is 3.36. The van der Waals surface area contributed by atoms with E-state index in [2.05, 4.69) is 20.7 Å². The van der Waals surface area contributed by atoms with E-state index < -0.39 is 0 Å². The molecule has 9 heteroatoms. The minimum Gasteiger partial charge on any atom is -0.360 e. The molecule has 2 aromatic heterocycles. The number of aryl methyl sites for hydroxylation is 1. The molecule has 1 aliphatic heterocycles. The summed E-state index contributed by atoms with van der Waals surface area (Å²) in [6.45, 7) is 4.35. The van der Waals surface area contributed by atoms with E-state index in [1.807, 2.05) is 35.2 Å². The van der Waals surface area contributed by atoms with Crippen molar-refractivity contribution in [3.05, 3.63) is 53.9 Å². The standard InChI is InChI=1S/C20H22N6O3/c1-14-11-17(24-29-14)22-18(27)13-25-7-9-26(10-8-25)20(28)16-12-21-23-19(16)15-5-3-2-4-6-15/h2-6,11-12H,7-10,13H2,1H3,(H,21,23)(H,22,24,27). The van der Waals surface area contributed by atoms with Crippen LogP contribution in [0.3, 0.4) is 0 Å². The van der Waals surface area contributed by atoms with Gasteiger partial charge in [0.2, 0.25) is 5.91 Å². The molecule has 1 saturated heterocycles. The number of benzene rings is 1. The van der Waals surface area contributed by atoms with Crippen molar-refractivity contribution in [2.45, 2.75) is 6.92 Å². The molecule has 3 aromatic rings. The predicted octanol–water partition coefficient (Wildman–Crippen LogP) is 1.77. The molecule has 2 amide bonds. The minimum atomic E-state index is -0.153. The molecule has 0 aliphatic carbocycles. The summed E-state index contributed by atoms with van der Waals surface area (Å²) in [5.41, 5.74) is 2.20. The highest BCUT2D eigenvalue weighted by Gasteiger charge is 2.26. The van der Waals surface area contributed by atoms with Gasteiger partial charge in [-0.3, -0.25) is 19.6 Å². The molecule has 1 aromatic carbocycles. The SMILES string of the molecule is Cc1cc(NC(=O)CN2CCN(C(=O)c3cn[nH]c3-c3ccccc3)CC2)no1. The van der Waals surface area contributed by atoms with E-state index in [-0.39, 0.29) is 18.4 Å². The largest absolute Gasteiger partial charge is 0.360 e. The van der Waals surface area contributed by atoms with Gasteiger partial charge in [-0.1, -0.05) is 35.5 Å². The highest BCUT2D eigenvalue weighted by Crippen LogP contribution is 2.22. The van der Waals surface area contributed by atoms with Crippen LogP contribution < -0.4 is 5.32 Å². The topological polar surface area (TPSA) is 107 Å². The quantitative estimate of drug-likeness (QED) is 0.683. The molecule has 0 atom stereocenters. The van der Waals surface area contributed by atoms with Crippen molar-refractivity contribution in [2.24, 2.45) is 0 Å². The van der Waals surface area contributed by atoms with E-state index >= 15 is 0 Å². The lowest BCUT2D eigenvalue weighted by atomic mass is 10.1. The molecule has 2 N–H and O–H groups in total. The average molecular weight is 394 g/mol. The Labute approximate surface area is 167 Å². The van der Waals surface area contributed by atoms with Gasteiger partial charge in [-0.25, -0.2) is 0 Å². The first-order valence-electron chi connectivity index (χ1n) is 9.44. The van der Waals surface area contributed by atoms with Crippen molar-refractivity contribution in [2.75, 3.05) is 38.0 Å². The summed E-state index contributed by atoms with van der Waals surface area (Å²) < 4.78 is 4.94. The number of piperazine rings is 1. The monoisotopic (exact) mass is 394 g/mol. The summed E-state index contributed by atoms with van der Waals surface area (Å²) >= 11 is 0. The third-order valence-corrected chi connectivity index (χ3v) is 4.85. The van der Waals surface area contributed by atoms with Gasteiger partial charge in [-0.15, -0.1) is 0 Å². The Hall–Kier alpha value is -3.46. The first-order chi connectivity index (χ1) is 14.1. The number of aromatic nitrogens is 3. The van der Waals surface area contributed by atoms with Crippen molar-refractivity contribution < 1.29 is 14.1 Å². The number of H-pyrrole nitrogens is 1. The van der Waals surface area contributed by atoms with E-state index in [0.29, 0.717) is 43.3 Å². The number of anilines is 1. The molecule has 1 aliphatic rings. The molecule has 0 bridgehead atoms. The molecule has 0 radical (unpaired) electrons. The Bertz CT molecular complexity index is 989. The highest BCUT2D eigenvalue weighted by atomic mass is 16.5. The maximum Gasteiger partial charge on any atom is 0.257 e. The summed E-state index contributed by atoms with van der Waals surface area (Å²) in [4.78, 5) is 29.0.